The first kappa shape index (κ1) is 66.1. The van der Waals surface area contributed by atoms with Crippen LogP contribution >= 0.6 is 0 Å². The zero-order valence-corrected chi connectivity index (χ0v) is 45.6. The van der Waals surface area contributed by atoms with E-state index in [1.807, 2.05) is 0 Å². The lowest BCUT2D eigenvalue weighted by Crippen LogP contribution is -2.45. The Morgan fingerprint density at radius 1 is 0.412 bits per heavy atom. The third kappa shape index (κ3) is 53.4. The molecule has 6 heteroatoms. The van der Waals surface area contributed by atoms with Crippen LogP contribution in [0.3, 0.4) is 0 Å². The van der Waals surface area contributed by atoms with Crippen molar-refractivity contribution in [3.8, 4) is 0 Å². The number of hydrogen-bond donors (Lipinski definition) is 3. The molecule has 6 nitrogen and oxygen atoms in total. The molecule has 0 aromatic heterocycles. The third-order valence-corrected chi connectivity index (χ3v) is 13.9. The van der Waals surface area contributed by atoms with Gasteiger partial charge in [0.15, 0.2) is 0 Å². The zero-order chi connectivity index (χ0) is 49.3. The monoisotopic (exact) mass is 956 g/mol. The van der Waals surface area contributed by atoms with Gasteiger partial charge >= 0.3 is 5.97 Å². The maximum Gasteiger partial charge on any atom is 0.305 e. The molecule has 2 unspecified atom stereocenters. The molecule has 0 saturated carbocycles. The van der Waals surface area contributed by atoms with E-state index in [4.69, 9.17) is 4.74 Å². The summed E-state index contributed by atoms with van der Waals surface area (Å²) in [5.74, 6) is -0.0375. The molecule has 0 aliphatic carbocycles. The molecule has 68 heavy (non-hydrogen) atoms. The molecule has 0 aromatic rings. The summed E-state index contributed by atoms with van der Waals surface area (Å²) in [4.78, 5) is 24.5. The van der Waals surface area contributed by atoms with Gasteiger partial charge in [0.05, 0.1) is 25.4 Å². The Bertz CT molecular complexity index is 1100. The van der Waals surface area contributed by atoms with Crippen molar-refractivity contribution in [3.63, 3.8) is 0 Å². The first-order valence-electron chi connectivity index (χ1n) is 30.2. The van der Waals surface area contributed by atoms with E-state index < -0.39 is 12.1 Å². The van der Waals surface area contributed by atoms with E-state index in [9.17, 15) is 19.8 Å². The van der Waals surface area contributed by atoms with Crippen molar-refractivity contribution < 1.29 is 24.5 Å². The van der Waals surface area contributed by atoms with Gasteiger partial charge < -0.3 is 20.3 Å². The van der Waals surface area contributed by atoms with Gasteiger partial charge in [-0.25, -0.2) is 0 Å². The quantitative estimate of drug-likeness (QED) is 0.0321. The van der Waals surface area contributed by atoms with Crippen LogP contribution in [0.4, 0.5) is 0 Å². The second-order valence-electron chi connectivity index (χ2n) is 20.7. The van der Waals surface area contributed by atoms with Crippen LogP contribution in [-0.4, -0.2) is 47.4 Å². The van der Waals surface area contributed by atoms with Crippen molar-refractivity contribution in [1.29, 1.82) is 0 Å². The number of allylic oxidation sites excluding steroid dienone is 6. The van der Waals surface area contributed by atoms with Gasteiger partial charge in [-0.15, -0.1) is 0 Å². The van der Waals surface area contributed by atoms with Crippen molar-refractivity contribution in [2.24, 2.45) is 0 Å². The number of amides is 1. The largest absolute Gasteiger partial charge is 0.466 e. The Balaban J connectivity index is 3.38. The lowest BCUT2D eigenvalue weighted by molar-refractivity contribution is -0.143. The fraction of sp³-hybridized carbons (Fsp3) is 0.871. The van der Waals surface area contributed by atoms with Crippen LogP contribution in [0.15, 0.2) is 36.5 Å². The Labute approximate surface area is 424 Å². The normalized spacial score (nSPS) is 12.8. The van der Waals surface area contributed by atoms with Crippen molar-refractivity contribution >= 4 is 11.9 Å². The molecule has 0 radical (unpaired) electrons. The van der Waals surface area contributed by atoms with Gasteiger partial charge in [-0.3, -0.25) is 9.59 Å². The van der Waals surface area contributed by atoms with Gasteiger partial charge in [0.2, 0.25) is 5.91 Å². The van der Waals surface area contributed by atoms with Gasteiger partial charge in [-0.05, 0) is 83.5 Å². The van der Waals surface area contributed by atoms with E-state index in [0.717, 1.165) is 51.4 Å². The average Bonchev–Trinajstić information content (AvgIpc) is 3.34. The molecular weight excluding hydrogens is 839 g/mol. The number of aliphatic hydroxyl groups excluding tert-OH is 2. The maximum absolute atomic E-state index is 12.4. The zero-order valence-electron chi connectivity index (χ0n) is 45.6. The van der Waals surface area contributed by atoms with Gasteiger partial charge in [0.25, 0.3) is 0 Å². The summed E-state index contributed by atoms with van der Waals surface area (Å²) in [6.45, 7) is 4.91. The highest BCUT2D eigenvalue weighted by Crippen LogP contribution is 2.17. The summed E-state index contributed by atoms with van der Waals surface area (Å²) in [7, 11) is 0. The lowest BCUT2D eigenvalue weighted by Gasteiger charge is -2.22. The fourth-order valence-electron chi connectivity index (χ4n) is 9.25. The summed E-state index contributed by atoms with van der Waals surface area (Å²) >= 11 is 0. The van der Waals surface area contributed by atoms with Crippen LogP contribution in [0.25, 0.3) is 0 Å². The highest BCUT2D eigenvalue weighted by Gasteiger charge is 2.20. The molecule has 0 aliphatic rings. The van der Waals surface area contributed by atoms with Crippen LogP contribution in [0, 0.1) is 0 Å². The second-order valence-corrected chi connectivity index (χ2v) is 20.7. The van der Waals surface area contributed by atoms with E-state index in [-0.39, 0.29) is 18.5 Å². The minimum absolute atomic E-state index is 0.00603. The number of unbranched alkanes of at least 4 members (excludes halogenated alkanes) is 39. The number of rotatable bonds is 56. The molecular formula is C62H117NO5. The van der Waals surface area contributed by atoms with Gasteiger partial charge in [0.1, 0.15) is 0 Å². The molecule has 3 N–H and O–H groups in total. The SMILES string of the molecule is CCCCC/C=C\C/C=C\CCCCCCCCCCCC(=O)OCCCCCCCCCCCCC/C=C\CCCCCCCCCC(=O)NC(CO)C(O)CCCCCCCCCCCC. The summed E-state index contributed by atoms with van der Waals surface area (Å²) < 4.78 is 5.49. The minimum Gasteiger partial charge on any atom is -0.466 e. The molecule has 0 heterocycles. The van der Waals surface area contributed by atoms with E-state index in [1.54, 1.807) is 0 Å². The molecule has 0 fully saturated rings. The van der Waals surface area contributed by atoms with E-state index in [2.05, 4.69) is 55.6 Å². The van der Waals surface area contributed by atoms with E-state index >= 15 is 0 Å². The van der Waals surface area contributed by atoms with Crippen LogP contribution < -0.4 is 5.32 Å². The molecule has 1 amide bonds. The third-order valence-electron chi connectivity index (χ3n) is 13.9. The summed E-state index contributed by atoms with van der Waals surface area (Å²) in [6.07, 6.45) is 71.5. The number of ether oxygens (including phenoxy) is 1. The Morgan fingerprint density at radius 2 is 0.735 bits per heavy atom. The van der Waals surface area contributed by atoms with Crippen molar-refractivity contribution in [3.05, 3.63) is 36.5 Å². The number of esters is 1. The van der Waals surface area contributed by atoms with Gasteiger partial charge in [-0.2, -0.15) is 0 Å². The number of hydrogen-bond acceptors (Lipinski definition) is 5. The summed E-state index contributed by atoms with van der Waals surface area (Å²) in [5, 5.41) is 23.1. The van der Waals surface area contributed by atoms with Crippen molar-refractivity contribution in [2.45, 2.75) is 334 Å². The Kier molecular flexibility index (Phi) is 56.0. The van der Waals surface area contributed by atoms with E-state index in [0.29, 0.717) is 25.9 Å². The maximum atomic E-state index is 12.4. The van der Waals surface area contributed by atoms with Gasteiger partial charge in [-0.1, -0.05) is 262 Å². The van der Waals surface area contributed by atoms with Crippen LogP contribution in [0.1, 0.15) is 322 Å². The van der Waals surface area contributed by atoms with Crippen LogP contribution in [0.2, 0.25) is 0 Å². The average molecular weight is 957 g/mol. The Hall–Kier alpha value is -1.92. The predicted octanol–water partition coefficient (Wildman–Crippen LogP) is 18.8. The highest BCUT2D eigenvalue weighted by atomic mass is 16.5. The first-order valence-corrected chi connectivity index (χ1v) is 30.2. The lowest BCUT2D eigenvalue weighted by atomic mass is 10.0. The number of nitrogens with one attached hydrogen (secondary N) is 1. The molecule has 400 valence electrons. The van der Waals surface area contributed by atoms with Crippen molar-refractivity contribution in [1.82, 2.24) is 5.32 Å². The predicted molar refractivity (Wildman–Crippen MR) is 296 cm³/mol. The number of aliphatic hydroxyl groups is 2. The van der Waals surface area contributed by atoms with Crippen LogP contribution in [-0.2, 0) is 14.3 Å². The number of carbonyl (C=O) groups is 2. The molecule has 0 bridgehead atoms. The molecule has 0 aromatic carbocycles. The minimum atomic E-state index is -0.667. The molecule has 0 saturated heterocycles. The van der Waals surface area contributed by atoms with Crippen LogP contribution in [0.5, 0.6) is 0 Å². The fourth-order valence-corrected chi connectivity index (χ4v) is 9.25. The number of carbonyl (C=O) groups excluding carboxylic acids is 2. The summed E-state index contributed by atoms with van der Waals surface area (Å²) in [6, 6.07) is -0.545. The molecule has 0 spiro atoms. The van der Waals surface area contributed by atoms with Crippen molar-refractivity contribution in [2.75, 3.05) is 13.2 Å². The van der Waals surface area contributed by atoms with Gasteiger partial charge in [0, 0.05) is 12.8 Å². The molecule has 2 atom stereocenters. The van der Waals surface area contributed by atoms with E-state index in [1.165, 1.54) is 238 Å². The Morgan fingerprint density at radius 3 is 1.16 bits per heavy atom. The first-order chi connectivity index (χ1) is 33.5. The topological polar surface area (TPSA) is 95.9 Å². The molecule has 0 rings (SSSR count). The summed E-state index contributed by atoms with van der Waals surface area (Å²) in [5.41, 5.74) is 0. The second kappa shape index (κ2) is 57.7. The smallest absolute Gasteiger partial charge is 0.305 e. The standard InChI is InChI=1S/C62H117NO5/c1-3-5-7-9-11-13-15-16-17-18-23-27-30-33-36-40-44-48-52-56-62(67)68-57-53-49-45-41-37-34-31-28-25-22-20-19-21-24-26-29-32-35-39-43-47-51-55-61(66)63-59(58-64)60(65)54-50-46-42-38-14-12-10-8-6-4-2/h11,13,16-17,21,24,59-60,64-65H,3-10,12,14-15,18-20,22-23,25-58H2,1-2H3,(H,63,66)/b13-11-,17-16-,24-21-. The highest BCUT2D eigenvalue weighted by molar-refractivity contribution is 5.76. The molecule has 0 aliphatic heterocycles.